The Kier molecular flexibility index (Phi) is 5.53. The average molecular weight is 277 g/mol. The molecule has 110 valence electrons. The van der Waals surface area contributed by atoms with Crippen molar-refractivity contribution in [1.29, 1.82) is 0 Å². The largest absolute Gasteiger partial charge is 0.490 e. The van der Waals surface area contributed by atoms with E-state index in [1.807, 2.05) is 18.2 Å². The van der Waals surface area contributed by atoms with Crippen LogP contribution in [0, 0.1) is 0 Å². The molecule has 0 radical (unpaired) electrons. The van der Waals surface area contributed by atoms with E-state index in [2.05, 4.69) is 29.5 Å². The minimum absolute atomic E-state index is 0.695. The molecule has 1 heterocycles. The van der Waals surface area contributed by atoms with Crippen molar-refractivity contribution in [3.8, 4) is 11.5 Å². The molecule has 0 atom stereocenters. The standard InChI is InChI=1S/C15H23N3O2/c1-3-8-17-15(16-4-2)18-12-6-7-13-14(11-12)20-10-5-9-19-13/h6-7,11H,3-5,8-10H2,1-2H3,(H2,16,17,18). The number of nitrogens with zero attached hydrogens (tertiary/aromatic N) is 1. The van der Waals surface area contributed by atoms with Crippen LogP contribution in [0.5, 0.6) is 11.5 Å². The number of hydrogen-bond acceptors (Lipinski definition) is 3. The molecule has 0 aliphatic carbocycles. The molecule has 5 nitrogen and oxygen atoms in total. The molecule has 0 saturated carbocycles. The molecule has 1 aromatic rings. The van der Waals surface area contributed by atoms with Gasteiger partial charge in [0.1, 0.15) is 0 Å². The summed E-state index contributed by atoms with van der Waals surface area (Å²) in [5, 5.41) is 6.51. The van der Waals surface area contributed by atoms with Gasteiger partial charge in [0, 0.05) is 31.3 Å². The van der Waals surface area contributed by atoms with E-state index >= 15 is 0 Å². The number of benzene rings is 1. The number of anilines is 1. The third-order valence-corrected chi connectivity index (χ3v) is 2.85. The molecule has 2 N–H and O–H groups in total. The highest BCUT2D eigenvalue weighted by Gasteiger charge is 2.11. The van der Waals surface area contributed by atoms with E-state index < -0.39 is 0 Å². The third-order valence-electron chi connectivity index (χ3n) is 2.85. The van der Waals surface area contributed by atoms with Crippen molar-refractivity contribution in [3.63, 3.8) is 0 Å². The summed E-state index contributed by atoms with van der Waals surface area (Å²) in [7, 11) is 0. The number of nitrogens with one attached hydrogen (secondary N) is 2. The first kappa shape index (κ1) is 14.5. The first-order valence-corrected chi connectivity index (χ1v) is 7.28. The monoisotopic (exact) mass is 277 g/mol. The lowest BCUT2D eigenvalue weighted by Crippen LogP contribution is -2.30. The number of guanidine groups is 1. The summed E-state index contributed by atoms with van der Waals surface area (Å²) in [5.74, 6) is 2.39. The molecule has 1 aliphatic heterocycles. The molecular formula is C15H23N3O2. The lowest BCUT2D eigenvalue weighted by Gasteiger charge is -2.13. The maximum Gasteiger partial charge on any atom is 0.195 e. The maximum atomic E-state index is 5.69. The first-order valence-electron chi connectivity index (χ1n) is 7.28. The van der Waals surface area contributed by atoms with Crippen LogP contribution in [0.1, 0.15) is 26.7 Å². The van der Waals surface area contributed by atoms with E-state index in [0.29, 0.717) is 13.2 Å². The van der Waals surface area contributed by atoms with Crippen molar-refractivity contribution in [1.82, 2.24) is 5.32 Å². The minimum Gasteiger partial charge on any atom is -0.490 e. The van der Waals surface area contributed by atoms with Crippen LogP contribution in [-0.4, -0.2) is 32.3 Å². The topological polar surface area (TPSA) is 54.9 Å². The van der Waals surface area contributed by atoms with Crippen molar-refractivity contribution in [2.24, 2.45) is 4.99 Å². The summed E-state index contributed by atoms with van der Waals surface area (Å²) in [5.41, 5.74) is 0.949. The van der Waals surface area contributed by atoms with E-state index in [4.69, 9.17) is 9.47 Å². The zero-order chi connectivity index (χ0) is 14.2. The molecule has 0 unspecified atom stereocenters. The molecule has 0 saturated heterocycles. The van der Waals surface area contributed by atoms with Gasteiger partial charge in [0.25, 0.3) is 0 Å². The second-order valence-electron chi connectivity index (χ2n) is 4.60. The number of ether oxygens (including phenoxy) is 2. The van der Waals surface area contributed by atoms with E-state index in [1.165, 1.54) is 0 Å². The predicted molar refractivity (Wildman–Crippen MR) is 81.9 cm³/mol. The van der Waals surface area contributed by atoms with Gasteiger partial charge in [-0.1, -0.05) is 6.92 Å². The highest BCUT2D eigenvalue weighted by atomic mass is 16.5. The van der Waals surface area contributed by atoms with Crippen molar-refractivity contribution >= 4 is 11.6 Å². The second kappa shape index (κ2) is 7.62. The van der Waals surface area contributed by atoms with Crippen molar-refractivity contribution < 1.29 is 9.47 Å². The Hall–Kier alpha value is -1.91. The molecule has 1 aromatic carbocycles. The third kappa shape index (κ3) is 4.05. The molecule has 0 fully saturated rings. The molecule has 0 spiro atoms. The molecule has 1 aliphatic rings. The van der Waals surface area contributed by atoms with Gasteiger partial charge < -0.3 is 20.1 Å². The Balaban J connectivity index is 2.10. The second-order valence-corrected chi connectivity index (χ2v) is 4.60. The van der Waals surface area contributed by atoms with Crippen LogP contribution in [0.4, 0.5) is 5.69 Å². The van der Waals surface area contributed by atoms with Gasteiger partial charge in [-0.15, -0.1) is 0 Å². The highest BCUT2D eigenvalue weighted by molar-refractivity contribution is 5.93. The van der Waals surface area contributed by atoms with Gasteiger partial charge in [0.05, 0.1) is 13.2 Å². The fraction of sp³-hybridized carbons (Fsp3) is 0.533. The van der Waals surface area contributed by atoms with Gasteiger partial charge in [0.2, 0.25) is 0 Å². The summed E-state index contributed by atoms with van der Waals surface area (Å²) in [6.07, 6.45) is 1.94. The van der Waals surface area contributed by atoms with Gasteiger partial charge in [-0.05, 0) is 25.5 Å². The first-order chi connectivity index (χ1) is 9.83. The van der Waals surface area contributed by atoms with Crippen molar-refractivity contribution in [3.05, 3.63) is 18.2 Å². The average Bonchev–Trinajstić information content (AvgIpc) is 2.69. The van der Waals surface area contributed by atoms with Crippen LogP contribution in [0.25, 0.3) is 0 Å². The number of aliphatic imine (C=N–C) groups is 1. The Bertz CT molecular complexity index is 460. The van der Waals surface area contributed by atoms with Crippen LogP contribution < -0.4 is 20.1 Å². The van der Waals surface area contributed by atoms with Gasteiger partial charge in [-0.2, -0.15) is 0 Å². The predicted octanol–water partition coefficient (Wildman–Crippen LogP) is 2.64. The smallest absolute Gasteiger partial charge is 0.195 e. The Labute approximate surface area is 120 Å². The highest BCUT2D eigenvalue weighted by Crippen LogP contribution is 2.32. The SMILES string of the molecule is CCCN=C(NCC)Nc1ccc2c(c1)OCCCO2. The summed E-state index contributed by atoms with van der Waals surface area (Å²) in [6.45, 7) is 7.21. The number of fused-ring (bicyclic) bond motifs is 1. The van der Waals surface area contributed by atoms with Crippen LogP contribution in [0.2, 0.25) is 0 Å². The van der Waals surface area contributed by atoms with E-state index in [-0.39, 0.29) is 0 Å². The molecule has 0 amide bonds. The molecule has 20 heavy (non-hydrogen) atoms. The zero-order valence-corrected chi connectivity index (χ0v) is 12.2. The molecule has 5 heteroatoms. The lowest BCUT2D eigenvalue weighted by molar-refractivity contribution is 0.297. The summed E-state index contributed by atoms with van der Waals surface area (Å²) in [4.78, 5) is 4.48. The molecule has 2 rings (SSSR count). The Morgan fingerprint density at radius 2 is 2.00 bits per heavy atom. The lowest BCUT2D eigenvalue weighted by atomic mass is 10.3. The van der Waals surface area contributed by atoms with Gasteiger partial charge in [0.15, 0.2) is 17.5 Å². The van der Waals surface area contributed by atoms with Crippen LogP contribution in [0.15, 0.2) is 23.2 Å². The van der Waals surface area contributed by atoms with Crippen molar-refractivity contribution in [2.45, 2.75) is 26.7 Å². The summed E-state index contributed by atoms with van der Waals surface area (Å²) >= 11 is 0. The van der Waals surface area contributed by atoms with Gasteiger partial charge in [-0.3, -0.25) is 4.99 Å². The molecule has 0 bridgehead atoms. The fourth-order valence-electron chi connectivity index (χ4n) is 1.91. The molecular weight excluding hydrogens is 254 g/mol. The van der Waals surface area contributed by atoms with E-state index in [0.717, 1.165) is 49.1 Å². The van der Waals surface area contributed by atoms with E-state index in [9.17, 15) is 0 Å². The van der Waals surface area contributed by atoms with E-state index in [1.54, 1.807) is 0 Å². The van der Waals surface area contributed by atoms with Gasteiger partial charge in [-0.25, -0.2) is 0 Å². The molecule has 0 aromatic heterocycles. The zero-order valence-electron chi connectivity index (χ0n) is 12.2. The quantitative estimate of drug-likeness (QED) is 0.656. The van der Waals surface area contributed by atoms with Gasteiger partial charge >= 0.3 is 0 Å². The number of rotatable bonds is 4. The minimum atomic E-state index is 0.695. The summed E-state index contributed by atoms with van der Waals surface area (Å²) < 4.78 is 11.3. The van der Waals surface area contributed by atoms with Crippen molar-refractivity contribution in [2.75, 3.05) is 31.6 Å². The Morgan fingerprint density at radius 1 is 1.20 bits per heavy atom. The maximum absolute atomic E-state index is 5.69. The normalized spacial score (nSPS) is 14.6. The number of hydrogen-bond donors (Lipinski definition) is 2. The van der Waals surface area contributed by atoms with Crippen LogP contribution >= 0.6 is 0 Å². The van der Waals surface area contributed by atoms with Crippen LogP contribution in [-0.2, 0) is 0 Å². The fourth-order valence-corrected chi connectivity index (χ4v) is 1.91. The van der Waals surface area contributed by atoms with Crippen LogP contribution in [0.3, 0.4) is 0 Å². The Morgan fingerprint density at radius 3 is 2.75 bits per heavy atom. The summed E-state index contributed by atoms with van der Waals surface area (Å²) in [6, 6.07) is 5.87.